The highest BCUT2D eigenvalue weighted by molar-refractivity contribution is 7.92. The number of benzene rings is 2. The molecule has 1 fully saturated rings. The normalized spacial score (nSPS) is 15.3. The minimum atomic E-state index is -4.64. The number of alkyl halides is 3. The summed E-state index contributed by atoms with van der Waals surface area (Å²) in [6, 6.07) is 8.21. The van der Waals surface area contributed by atoms with Crippen molar-refractivity contribution in [3.8, 4) is 0 Å². The molecule has 1 heterocycles. The fraction of sp³-hybridized carbons (Fsp3) is 0.278. The number of rotatable bonds is 4. The third-order valence-corrected chi connectivity index (χ3v) is 5.68. The molecule has 3 rings (SSSR count). The second-order valence-electron chi connectivity index (χ2n) is 6.28. The van der Waals surface area contributed by atoms with E-state index in [9.17, 15) is 26.4 Å². The van der Waals surface area contributed by atoms with E-state index in [1.54, 1.807) is 17.9 Å². The first-order chi connectivity index (χ1) is 12.6. The average Bonchev–Trinajstić information content (AvgIpc) is 3.01. The molecule has 1 amide bonds. The largest absolute Gasteiger partial charge is 0.416 e. The van der Waals surface area contributed by atoms with Crippen molar-refractivity contribution in [1.82, 2.24) is 0 Å². The minimum Gasteiger partial charge on any atom is -0.312 e. The number of hydrogen-bond donors (Lipinski definition) is 1. The van der Waals surface area contributed by atoms with Gasteiger partial charge in [0.05, 0.1) is 16.1 Å². The summed E-state index contributed by atoms with van der Waals surface area (Å²) < 4.78 is 65.8. The predicted molar refractivity (Wildman–Crippen MR) is 95.0 cm³/mol. The van der Waals surface area contributed by atoms with Crippen LogP contribution in [0.4, 0.5) is 24.5 Å². The number of nitrogens with zero attached hydrogens (tertiary/aromatic N) is 1. The van der Waals surface area contributed by atoms with Crippen LogP contribution in [0.1, 0.15) is 24.0 Å². The van der Waals surface area contributed by atoms with Gasteiger partial charge < -0.3 is 4.90 Å². The lowest BCUT2D eigenvalue weighted by Gasteiger charge is -2.20. The topological polar surface area (TPSA) is 66.5 Å². The van der Waals surface area contributed by atoms with Crippen molar-refractivity contribution in [3.63, 3.8) is 0 Å². The van der Waals surface area contributed by atoms with Crippen molar-refractivity contribution in [3.05, 3.63) is 53.6 Å². The van der Waals surface area contributed by atoms with Crippen LogP contribution in [0.2, 0.25) is 0 Å². The molecule has 0 unspecified atom stereocenters. The molecule has 1 aliphatic rings. The summed E-state index contributed by atoms with van der Waals surface area (Å²) in [5, 5.41) is 0. The number of amides is 1. The molecule has 0 atom stereocenters. The molecular weight excluding hydrogens is 381 g/mol. The molecule has 1 N–H and O–H groups in total. The number of carbonyl (C=O) groups excluding carboxylic acids is 1. The van der Waals surface area contributed by atoms with Crippen molar-refractivity contribution in [2.45, 2.75) is 30.8 Å². The number of carbonyl (C=O) groups is 1. The van der Waals surface area contributed by atoms with Crippen molar-refractivity contribution in [2.24, 2.45) is 0 Å². The second-order valence-corrected chi connectivity index (χ2v) is 7.96. The molecule has 1 saturated heterocycles. The fourth-order valence-electron chi connectivity index (χ4n) is 2.92. The van der Waals surface area contributed by atoms with Crippen LogP contribution in [0.3, 0.4) is 0 Å². The van der Waals surface area contributed by atoms with E-state index in [-0.39, 0.29) is 11.6 Å². The lowest BCUT2D eigenvalue weighted by molar-refractivity contribution is -0.137. The van der Waals surface area contributed by atoms with E-state index in [2.05, 4.69) is 4.72 Å². The highest BCUT2D eigenvalue weighted by atomic mass is 32.2. The zero-order valence-corrected chi connectivity index (χ0v) is 15.2. The molecule has 2 aromatic rings. The Morgan fingerprint density at radius 3 is 2.48 bits per heavy atom. The van der Waals surface area contributed by atoms with E-state index in [1.165, 1.54) is 12.1 Å². The van der Waals surface area contributed by atoms with E-state index >= 15 is 0 Å². The maximum atomic E-state index is 12.8. The summed E-state index contributed by atoms with van der Waals surface area (Å²) in [5.74, 6) is -0.0454. The highest BCUT2D eigenvalue weighted by Crippen LogP contribution is 2.32. The first-order valence-corrected chi connectivity index (χ1v) is 9.67. The van der Waals surface area contributed by atoms with E-state index < -0.39 is 26.7 Å². The molecule has 0 radical (unpaired) electrons. The Kier molecular flexibility index (Phi) is 4.90. The number of halogens is 3. The standard InChI is InChI=1S/C18H17F3N2O3S/c1-12-7-8-14(11-16(12)23-9-3-6-17(23)24)22-27(25,26)15-5-2-4-13(10-15)18(19,20)21/h2,4-5,7-8,10-11,22H,3,6,9H2,1H3. The molecule has 0 bridgehead atoms. The van der Waals surface area contributed by atoms with Gasteiger partial charge in [0.2, 0.25) is 5.91 Å². The maximum absolute atomic E-state index is 12.8. The molecule has 1 aliphatic heterocycles. The van der Waals surface area contributed by atoms with Gasteiger partial charge in [-0.2, -0.15) is 13.2 Å². The van der Waals surface area contributed by atoms with Crippen LogP contribution in [-0.2, 0) is 21.0 Å². The first-order valence-electron chi connectivity index (χ1n) is 8.19. The van der Waals surface area contributed by atoms with E-state index in [1.807, 2.05) is 0 Å². The van der Waals surface area contributed by atoms with Gasteiger partial charge in [-0.15, -0.1) is 0 Å². The number of sulfonamides is 1. The molecule has 9 heteroatoms. The van der Waals surface area contributed by atoms with Crippen molar-refractivity contribution in [2.75, 3.05) is 16.2 Å². The maximum Gasteiger partial charge on any atom is 0.416 e. The zero-order valence-electron chi connectivity index (χ0n) is 14.4. The van der Waals surface area contributed by atoms with Gasteiger partial charge in [0.25, 0.3) is 10.0 Å². The summed E-state index contributed by atoms with van der Waals surface area (Å²) in [6.45, 7) is 2.34. The van der Waals surface area contributed by atoms with Gasteiger partial charge in [-0.25, -0.2) is 8.42 Å². The van der Waals surface area contributed by atoms with Gasteiger partial charge in [0.15, 0.2) is 0 Å². The molecule has 27 heavy (non-hydrogen) atoms. The summed E-state index contributed by atoms with van der Waals surface area (Å²) in [4.78, 5) is 13.0. The third kappa shape index (κ3) is 4.08. The van der Waals surface area contributed by atoms with Gasteiger partial charge in [0.1, 0.15) is 0 Å². The van der Waals surface area contributed by atoms with Gasteiger partial charge >= 0.3 is 6.18 Å². The van der Waals surface area contributed by atoms with E-state index in [0.717, 1.165) is 30.2 Å². The molecule has 2 aromatic carbocycles. The molecule has 144 valence electrons. The molecule has 0 spiro atoms. The smallest absolute Gasteiger partial charge is 0.312 e. The average molecular weight is 398 g/mol. The van der Waals surface area contributed by atoms with Gasteiger partial charge in [-0.3, -0.25) is 9.52 Å². The predicted octanol–water partition coefficient (Wildman–Crippen LogP) is 3.94. The van der Waals surface area contributed by atoms with Crippen LogP contribution in [0.15, 0.2) is 47.4 Å². The van der Waals surface area contributed by atoms with E-state index in [0.29, 0.717) is 24.7 Å². The molecule has 0 saturated carbocycles. The van der Waals surface area contributed by atoms with Crippen LogP contribution in [0, 0.1) is 6.92 Å². The summed E-state index contributed by atoms with van der Waals surface area (Å²) in [5.41, 5.74) is 0.513. The van der Waals surface area contributed by atoms with Crippen LogP contribution in [0.25, 0.3) is 0 Å². The van der Waals surface area contributed by atoms with Crippen LogP contribution >= 0.6 is 0 Å². The third-order valence-electron chi connectivity index (χ3n) is 4.30. The number of aryl methyl sites for hydroxylation is 1. The van der Waals surface area contributed by atoms with Gasteiger partial charge in [0, 0.05) is 18.7 Å². The second kappa shape index (κ2) is 6.88. The quantitative estimate of drug-likeness (QED) is 0.848. The minimum absolute atomic E-state index is 0.0454. The Bertz CT molecular complexity index is 988. The molecule has 0 aromatic heterocycles. The van der Waals surface area contributed by atoms with Gasteiger partial charge in [-0.05, 0) is 49.2 Å². The molecule has 5 nitrogen and oxygen atoms in total. The Hall–Kier alpha value is -2.55. The summed E-state index contributed by atoms with van der Waals surface area (Å²) in [7, 11) is -4.22. The SMILES string of the molecule is Cc1ccc(NS(=O)(=O)c2cccc(C(F)(F)F)c2)cc1N1CCCC1=O. The molecular formula is C18H17F3N2O3S. The van der Waals surface area contributed by atoms with Crippen molar-refractivity contribution in [1.29, 1.82) is 0 Å². The Labute approximate surface area is 154 Å². The van der Waals surface area contributed by atoms with E-state index in [4.69, 9.17) is 0 Å². The van der Waals surface area contributed by atoms with Gasteiger partial charge in [-0.1, -0.05) is 12.1 Å². The van der Waals surface area contributed by atoms with Crippen LogP contribution in [-0.4, -0.2) is 20.9 Å². The molecule has 0 aliphatic carbocycles. The Morgan fingerprint density at radius 2 is 1.85 bits per heavy atom. The summed E-state index contributed by atoms with van der Waals surface area (Å²) in [6.07, 6.45) is -3.49. The monoisotopic (exact) mass is 398 g/mol. The zero-order chi connectivity index (χ0) is 19.8. The number of hydrogen-bond acceptors (Lipinski definition) is 3. The van der Waals surface area contributed by atoms with Crippen molar-refractivity contribution < 1.29 is 26.4 Å². The van der Waals surface area contributed by atoms with Crippen LogP contribution < -0.4 is 9.62 Å². The Morgan fingerprint density at radius 1 is 1.11 bits per heavy atom. The van der Waals surface area contributed by atoms with Crippen LogP contribution in [0.5, 0.6) is 0 Å². The highest BCUT2D eigenvalue weighted by Gasteiger charge is 2.31. The number of anilines is 2. The lowest BCUT2D eigenvalue weighted by Crippen LogP contribution is -2.24. The summed E-state index contributed by atoms with van der Waals surface area (Å²) >= 11 is 0. The fourth-order valence-corrected chi connectivity index (χ4v) is 4.02. The first kappa shape index (κ1) is 19.2. The number of nitrogens with one attached hydrogen (secondary N) is 1. The lowest BCUT2D eigenvalue weighted by atomic mass is 10.1. The Balaban J connectivity index is 1.92. The van der Waals surface area contributed by atoms with Crippen molar-refractivity contribution >= 4 is 27.3 Å².